The Hall–Kier alpha value is -6.38. The van der Waals surface area contributed by atoms with E-state index in [0.717, 1.165) is 27.7 Å². The van der Waals surface area contributed by atoms with Crippen molar-refractivity contribution in [3.05, 3.63) is 179 Å². The second-order valence-electron chi connectivity index (χ2n) is 13.6. The third-order valence-electron chi connectivity index (χ3n) is 9.49. The van der Waals surface area contributed by atoms with Gasteiger partial charge in [-0.05, 0) is 69.9 Å². The molecule has 4 atom stereocenters. The van der Waals surface area contributed by atoms with E-state index in [0.29, 0.717) is 9.13 Å². The van der Waals surface area contributed by atoms with Gasteiger partial charge in [-0.25, -0.2) is 0 Å². The molecule has 0 fully saturated rings. The van der Waals surface area contributed by atoms with Crippen LogP contribution in [0, 0.1) is 25.3 Å². The van der Waals surface area contributed by atoms with E-state index >= 15 is 0 Å². The SMILES string of the molecule is [2H]c1[c-]c(-c2nc([2H])c([2H])n2-c2c(C([2H])(C)C([2H])([2H])[2H])c([2H])c3c(oc4c([2H])c([2H])c([2H])c([2H])c43)c2C([2H])(C)C([2H])([2H])[2H])c([2H])c([N+]#[C-])c1[2H].[2H]c1[c-]c(-c2nc([2H])c([2H])n2-c2c(C([2H])(C)C([2H])([2H])[2H])c([2H])c3oc4c([2H])c([2H])c([2H])c([2H])c4c3c2C([2H])(C)C([2H])([2H])[2H])c([2H])c([N+]#[C-])c1[2H].[Ir].[Ir]. The number of hydrogen-bond acceptors (Lipinski definition) is 4. The summed E-state index contributed by atoms with van der Waals surface area (Å²) in [7, 11) is 0. The van der Waals surface area contributed by atoms with Gasteiger partial charge in [0.25, 0.3) is 0 Å². The molecule has 10 heteroatoms. The van der Waals surface area contributed by atoms with E-state index in [1.54, 1.807) is 0 Å². The Kier molecular flexibility index (Phi) is 5.89. The summed E-state index contributed by atoms with van der Waals surface area (Å²) in [4.78, 5) is 14.2. The number of hydrogen-bond donors (Lipinski definition) is 0. The van der Waals surface area contributed by atoms with Gasteiger partial charge in [0.05, 0.1) is 44.0 Å². The number of furan rings is 2. The molecule has 4 aromatic heterocycles. The number of benzene rings is 6. The third-order valence-corrected chi connectivity index (χ3v) is 9.49. The molecular weight excluding hydrogens is 1170 g/mol. The zero-order chi connectivity index (χ0) is 75.9. The maximum atomic E-state index is 9.37. The molecule has 10 aromatic rings. The number of rotatable bonds is 8. The standard InChI is InChI=1S/2C28H24N3O.2Ir/c1-17(2)22-16-23-21-11-6-7-12-24(21)32-27(23)25(18(3)4)26(22)31-14-13-30-28(31)19-9-8-10-20(15-19)29-5;1-17(2)22-16-24-26(21-11-6-7-12-23(21)32-24)25(18(3)4)27(22)31-14-13-30-28(31)19-9-8-10-20(15-19)29-5;;/h2*6-8,10-18H,1-4H3;;/q2*-1;;/i2*1D3,3D3,6D,7D,8D,10D,11D,12D,13D,14D,15D,16D,17D,18D;;. The number of aromatic nitrogens is 4. The van der Waals surface area contributed by atoms with Crippen molar-refractivity contribution >= 4 is 55.3 Å². The van der Waals surface area contributed by atoms with Crippen LogP contribution < -0.4 is 0 Å². The molecule has 8 nitrogen and oxygen atoms in total. The van der Waals surface area contributed by atoms with E-state index in [9.17, 15) is 6.85 Å². The summed E-state index contributed by atoms with van der Waals surface area (Å²) in [5.41, 5.74) is -10.1. The summed E-state index contributed by atoms with van der Waals surface area (Å²) in [5.74, 6) is -13.1. The molecule has 4 heterocycles. The fourth-order valence-electron chi connectivity index (χ4n) is 6.92. The largest absolute Gasteiger partial charge is 0.456 e. The smallest absolute Gasteiger partial charge is 0.140 e. The van der Waals surface area contributed by atoms with Gasteiger partial charge in [-0.1, -0.05) is 91.4 Å². The van der Waals surface area contributed by atoms with Crippen molar-refractivity contribution < 1.29 is 98.4 Å². The normalized spacial score (nSPS) is 23.4. The molecule has 0 aliphatic heterocycles. The predicted octanol–water partition coefficient (Wildman–Crippen LogP) is 16.1. The van der Waals surface area contributed by atoms with E-state index in [1.807, 2.05) is 0 Å². The zero-order valence-electron chi connectivity index (χ0n) is 70.2. The van der Waals surface area contributed by atoms with Crippen LogP contribution in [0.25, 0.3) is 87.7 Å². The third kappa shape index (κ3) is 8.48. The summed E-state index contributed by atoms with van der Waals surface area (Å²) >= 11 is 0. The minimum absolute atomic E-state index is 0. The van der Waals surface area contributed by atoms with E-state index in [-0.39, 0.29) is 40.2 Å². The first-order valence-electron chi connectivity index (χ1n) is 36.4. The van der Waals surface area contributed by atoms with Gasteiger partial charge in [0.1, 0.15) is 33.7 Å². The summed E-state index contributed by atoms with van der Waals surface area (Å²) in [6, 6.07) is -7.60. The first-order valence-corrected chi connectivity index (χ1v) is 18.4. The van der Waals surface area contributed by atoms with Gasteiger partial charge in [-0.15, -0.1) is 47.4 Å². The molecule has 334 valence electrons. The average Bonchev–Trinajstić information content (AvgIpc) is 1.44. The second kappa shape index (κ2) is 19.6. The van der Waals surface area contributed by atoms with E-state index in [4.69, 9.17) is 64.5 Å². The van der Waals surface area contributed by atoms with Crippen LogP contribution in [0.2, 0.25) is 0 Å². The van der Waals surface area contributed by atoms with E-state index in [1.165, 1.54) is 0 Å². The molecule has 6 aromatic carbocycles. The molecule has 0 bridgehead atoms. The molecule has 4 unspecified atom stereocenters. The monoisotopic (exact) mass is 1260 g/mol. The van der Waals surface area contributed by atoms with Crippen LogP contribution in [0.1, 0.15) is 150 Å². The van der Waals surface area contributed by atoms with Gasteiger partial charge in [-0.2, -0.15) is 12.1 Å². The Bertz CT molecular complexity index is 5290. The van der Waals surface area contributed by atoms with Crippen molar-refractivity contribution in [2.24, 2.45) is 0 Å². The Morgan fingerprint density at radius 1 is 0.606 bits per heavy atom. The van der Waals surface area contributed by atoms with Crippen molar-refractivity contribution in [2.45, 2.75) is 78.7 Å². The predicted molar refractivity (Wildman–Crippen MR) is 259 cm³/mol. The van der Waals surface area contributed by atoms with Crippen LogP contribution >= 0.6 is 0 Å². The summed E-state index contributed by atoms with van der Waals surface area (Å²) < 4.78 is 320. The molecule has 0 N–H and O–H groups in total. The Morgan fingerprint density at radius 3 is 1.67 bits per heavy atom. The Balaban J connectivity index is 0.000000280. The van der Waals surface area contributed by atoms with Gasteiger partial charge in [-0.3, -0.25) is 19.7 Å². The molecule has 0 aliphatic rings. The zero-order valence-corrected chi connectivity index (χ0v) is 39.0. The molecule has 10 rings (SSSR count). The maximum absolute atomic E-state index is 9.37. The minimum atomic E-state index is -3.36. The van der Waals surface area contributed by atoms with Crippen LogP contribution in [0.3, 0.4) is 0 Å². The van der Waals surface area contributed by atoms with Gasteiger partial charge < -0.3 is 18.0 Å². The molecule has 0 spiro atoms. The van der Waals surface area contributed by atoms with Gasteiger partial charge in [0, 0.05) is 128 Å². The van der Waals surface area contributed by atoms with Crippen molar-refractivity contribution in [3.63, 3.8) is 0 Å². The molecule has 0 saturated carbocycles. The van der Waals surface area contributed by atoms with Crippen LogP contribution in [0.5, 0.6) is 0 Å². The van der Waals surface area contributed by atoms with Crippen molar-refractivity contribution in [3.8, 4) is 34.2 Å². The fraction of sp³-hybridized carbons (Fsp3) is 0.214. The number of fused-ring (bicyclic) bond motifs is 6. The van der Waals surface area contributed by atoms with Crippen molar-refractivity contribution in [1.82, 2.24) is 19.1 Å². The molecular formula is C56H48Ir2N6O2-2. The van der Waals surface area contributed by atoms with Gasteiger partial charge in [0.15, 0.2) is 0 Å². The van der Waals surface area contributed by atoms with Crippen LogP contribution in [-0.2, 0) is 40.2 Å². The van der Waals surface area contributed by atoms with Gasteiger partial charge in [0.2, 0.25) is 0 Å². The number of para-hydroxylation sites is 2. The molecule has 0 aliphatic carbocycles. The minimum Gasteiger partial charge on any atom is -0.456 e. The Morgan fingerprint density at radius 2 is 1.11 bits per heavy atom. The number of nitrogens with zero attached hydrogens (tertiary/aromatic N) is 6. The van der Waals surface area contributed by atoms with Crippen molar-refractivity contribution in [1.29, 1.82) is 0 Å². The van der Waals surface area contributed by atoms with Crippen LogP contribution in [0.4, 0.5) is 11.4 Å². The quantitative estimate of drug-likeness (QED) is 0.142. The first kappa shape index (κ1) is 19.8. The summed E-state index contributed by atoms with van der Waals surface area (Å²) in [5, 5.41) is -2.09. The van der Waals surface area contributed by atoms with E-state index < -0.39 is 284 Å². The fourth-order valence-corrected chi connectivity index (χ4v) is 6.92. The molecule has 0 saturated heterocycles. The Labute approximate surface area is 463 Å². The molecule has 2 radical (unpaired) electrons. The molecule has 66 heavy (non-hydrogen) atoms. The number of imidazole rings is 2. The molecule has 0 amide bonds. The van der Waals surface area contributed by atoms with Gasteiger partial charge >= 0.3 is 0 Å². The first-order chi connectivity index (χ1) is 45.5. The van der Waals surface area contributed by atoms with E-state index in [2.05, 4.69) is 31.8 Å². The second-order valence-corrected chi connectivity index (χ2v) is 13.6. The summed E-state index contributed by atoms with van der Waals surface area (Å²) in [6.07, 6.45) is -3.66. The average molecular weight is 1260 g/mol. The topological polar surface area (TPSA) is 70.6 Å². The maximum Gasteiger partial charge on any atom is 0.140 e. The van der Waals surface area contributed by atoms with Crippen LogP contribution in [0.15, 0.2) is 130 Å². The van der Waals surface area contributed by atoms with Crippen molar-refractivity contribution in [2.75, 3.05) is 0 Å². The summed E-state index contributed by atoms with van der Waals surface area (Å²) in [6.45, 7) is 4.97. The van der Waals surface area contributed by atoms with Crippen LogP contribution in [-0.4, -0.2) is 19.1 Å².